The van der Waals surface area contributed by atoms with Crippen LogP contribution in [0.3, 0.4) is 0 Å². The van der Waals surface area contributed by atoms with E-state index in [4.69, 9.17) is 72.9 Å². The molecule has 16 aromatic carbocycles. The summed E-state index contributed by atoms with van der Waals surface area (Å²) in [6.45, 7) is 0. The first-order valence-corrected chi connectivity index (χ1v) is 36.6. The van der Waals surface area contributed by atoms with Crippen molar-refractivity contribution in [2.24, 2.45) is 34.9 Å². The summed E-state index contributed by atoms with van der Waals surface area (Å²) >= 11 is 0. The van der Waals surface area contributed by atoms with Crippen LogP contribution in [0.5, 0.6) is 80.5 Å². The summed E-state index contributed by atoms with van der Waals surface area (Å²) in [6, 6.07) is 113. The van der Waals surface area contributed by atoms with Gasteiger partial charge in [-0.05, 0) is 120 Å². The largest absolute Gasteiger partial charge is 0.456 e. The zero-order valence-electron chi connectivity index (χ0n) is 59.3. The number of aliphatic imine (C=N–C) groups is 7. The van der Waals surface area contributed by atoms with Crippen molar-refractivity contribution in [3.05, 3.63) is 396 Å². The van der Waals surface area contributed by atoms with Crippen LogP contribution in [-0.2, 0) is 5.85 Å². The van der Waals surface area contributed by atoms with E-state index in [-0.39, 0.29) is 40.8 Å². The van der Waals surface area contributed by atoms with E-state index in [1.54, 1.807) is 5.06 Å². The zero-order valence-corrected chi connectivity index (χ0v) is 59.3. The van der Waals surface area contributed by atoms with Crippen LogP contribution in [0.25, 0.3) is 43.1 Å². The molecular weight excluding hydrogens is 1390 g/mol. The molecule has 1 unspecified atom stereocenters. The van der Waals surface area contributed by atoms with Gasteiger partial charge >= 0.3 is 5.85 Å². The highest BCUT2D eigenvalue weighted by molar-refractivity contribution is 6.38. The minimum atomic E-state index is -2.30. The number of benzene rings is 16. The van der Waals surface area contributed by atoms with Gasteiger partial charge in [-0.25, -0.2) is 25.0 Å². The van der Waals surface area contributed by atoms with Gasteiger partial charge in [-0.1, -0.05) is 243 Å². The van der Waals surface area contributed by atoms with Crippen LogP contribution in [0.1, 0.15) is 44.5 Å². The van der Waals surface area contributed by atoms with E-state index in [9.17, 15) is 0 Å². The van der Waals surface area contributed by atoms with Crippen molar-refractivity contribution < 1.29 is 38.0 Å². The van der Waals surface area contributed by atoms with Crippen LogP contribution < -0.4 is 38.0 Å². The number of amidine groups is 7. The van der Waals surface area contributed by atoms with Crippen molar-refractivity contribution in [1.82, 2.24) is 5.06 Å². The molecule has 5 aliphatic heterocycles. The molecule has 16 nitrogen and oxygen atoms in total. The Hall–Kier alpha value is -15.6. The van der Waals surface area contributed by atoms with Gasteiger partial charge in [0.05, 0.1) is 27.8 Å². The standard InChI is InChI=1S/C96H58N8O8/c1-9-35-61(36-10-1)105-83-69-51-27-25-33-59(69)57-75-77(83)92-98-89(75)97-90-76-58-60-34-26-28-52-70(60)84(106-62-37-11-2-12-38-62)78(76)94(100-90)104(112-68-49-23-8-24-50-68)95-80-79(85(107-63-39-13-3-14-40-63)71-53-29-30-54-72(71)86(80)108-64-41-15-4-16-42-64)91(101-95)99-93-81-82(96(102-92,103-93)111-67-47-21-7-22-48-67)88(110-66-45-19-6-20-46-66)74-56-32-31-55-73(74)87(81)109-65-43-17-5-18-44-65/h1-58H. The molecule has 0 radical (unpaired) electrons. The maximum Gasteiger partial charge on any atom is 0.335 e. The Balaban J connectivity index is 0.976. The van der Waals surface area contributed by atoms with Crippen molar-refractivity contribution in [1.29, 1.82) is 0 Å². The van der Waals surface area contributed by atoms with Gasteiger partial charge < -0.3 is 38.0 Å². The number of ether oxygens (including phenoxy) is 7. The lowest BCUT2D eigenvalue weighted by Gasteiger charge is -2.28. The number of nitrogens with zero attached hydrogens (tertiary/aromatic N) is 8. The van der Waals surface area contributed by atoms with E-state index in [0.717, 1.165) is 21.5 Å². The molecule has 5 heterocycles. The second-order valence-corrected chi connectivity index (χ2v) is 26.9. The Morgan fingerprint density at radius 2 is 0.518 bits per heavy atom. The Morgan fingerprint density at radius 1 is 0.223 bits per heavy atom. The van der Waals surface area contributed by atoms with E-state index in [1.807, 2.05) is 340 Å². The first-order chi connectivity index (χ1) is 55.5. The van der Waals surface area contributed by atoms with Gasteiger partial charge in [-0.15, -0.1) is 5.06 Å². The summed E-state index contributed by atoms with van der Waals surface area (Å²) in [5.74, 6) is 4.92. The molecule has 0 fully saturated rings. The first kappa shape index (κ1) is 64.8. The van der Waals surface area contributed by atoms with Crippen molar-refractivity contribution in [3.8, 4) is 80.5 Å². The fourth-order valence-electron chi connectivity index (χ4n) is 15.0. The molecule has 0 saturated carbocycles. The lowest BCUT2D eigenvalue weighted by atomic mass is 9.95. The van der Waals surface area contributed by atoms with Crippen molar-refractivity contribution >= 4 is 83.9 Å². The van der Waals surface area contributed by atoms with E-state index in [2.05, 4.69) is 12.1 Å². The van der Waals surface area contributed by atoms with Crippen molar-refractivity contribution in [2.45, 2.75) is 5.85 Å². The molecule has 0 spiro atoms. The summed E-state index contributed by atoms with van der Waals surface area (Å²) < 4.78 is 52.4. The average Bonchev–Trinajstić information content (AvgIpc) is 1.53. The van der Waals surface area contributed by atoms with Gasteiger partial charge in [0.25, 0.3) is 0 Å². The summed E-state index contributed by atoms with van der Waals surface area (Å²) in [4.78, 5) is 49.0. The van der Waals surface area contributed by atoms with Gasteiger partial charge in [0.1, 0.15) is 80.3 Å². The fraction of sp³-hybridized carbons (Fsp3) is 0.0104. The fourth-order valence-corrected chi connectivity index (χ4v) is 15.0. The quantitative estimate of drug-likeness (QED) is 0.0916. The van der Waals surface area contributed by atoms with Crippen LogP contribution in [0.15, 0.2) is 387 Å². The minimum Gasteiger partial charge on any atom is -0.456 e. The Bertz CT molecular complexity index is 6730. The molecule has 16 heteroatoms. The van der Waals surface area contributed by atoms with Crippen LogP contribution in [-0.4, -0.2) is 45.9 Å². The molecule has 0 amide bonds. The van der Waals surface area contributed by atoms with Gasteiger partial charge in [0.2, 0.25) is 0 Å². The molecule has 8 bridgehead atoms. The SMILES string of the molecule is c1ccc(Oc2c3c(cc4ccccc24)C2=NC3=NC3(Oc4ccccc4)N=C(N=C4N=C(c5c4c(Oc4ccccc4)c4ccccc4c5Oc4ccccc4)N(Oc4ccccc4)C4=NC(=N2)c2cc5ccccc5c(Oc5ccccc5)c24)c2c3c(Oc3ccccc3)c3ccccc3c2Oc2ccccc2)cc1. The number of rotatable bonds is 16. The molecule has 21 rings (SSSR count). The topological polar surface area (TPSA) is 164 Å². The lowest BCUT2D eigenvalue weighted by molar-refractivity contribution is 0.0879. The molecular formula is C96H58N8O8. The Morgan fingerprint density at radius 3 is 0.973 bits per heavy atom. The lowest BCUT2D eigenvalue weighted by Crippen LogP contribution is -2.40. The van der Waals surface area contributed by atoms with Crippen molar-refractivity contribution in [3.63, 3.8) is 0 Å². The number of para-hydroxylation sites is 8. The second-order valence-electron chi connectivity index (χ2n) is 26.9. The third-order valence-corrected chi connectivity index (χ3v) is 19.9. The van der Waals surface area contributed by atoms with Crippen LogP contribution in [0.2, 0.25) is 0 Å². The Labute approximate surface area is 641 Å². The summed E-state index contributed by atoms with van der Waals surface area (Å²) in [5, 5.41) is 7.36. The number of hydroxylamine groups is 2. The van der Waals surface area contributed by atoms with Gasteiger partial charge in [-0.3, -0.25) is 0 Å². The average molecular weight is 1450 g/mol. The molecule has 0 N–H and O–H groups in total. The predicted octanol–water partition coefficient (Wildman–Crippen LogP) is 22.9. The smallest absolute Gasteiger partial charge is 0.335 e. The van der Waals surface area contributed by atoms with Crippen molar-refractivity contribution in [2.75, 3.05) is 0 Å². The predicted molar refractivity (Wildman–Crippen MR) is 438 cm³/mol. The zero-order chi connectivity index (χ0) is 74.1. The first-order valence-electron chi connectivity index (χ1n) is 36.6. The minimum absolute atomic E-state index is 0.0402. The van der Waals surface area contributed by atoms with E-state index >= 15 is 0 Å². The van der Waals surface area contributed by atoms with Gasteiger partial charge in [0.15, 0.2) is 46.6 Å². The van der Waals surface area contributed by atoms with E-state index in [0.29, 0.717) is 147 Å². The highest BCUT2D eigenvalue weighted by Crippen LogP contribution is 2.57. The Kier molecular flexibility index (Phi) is 15.6. The molecule has 1 atom stereocenters. The molecule has 530 valence electrons. The molecule has 112 heavy (non-hydrogen) atoms. The summed E-state index contributed by atoms with van der Waals surface area (Å²) in [5.41, 5.74) is 3.46. The molecule has 0 aliphatic carbocycles. The molecule has 16 aromatic rings. The number of fused-ring (bicyclic) bond motifs is 20. The van der Waals surface area contributed by atoms with Crippen LogP contribution in [0.4, 0.5) is 0 Å². The maximum atomic E-state index is 7.81. The molecule has 5 aliphatic rings. The van der Waals surface area contributed by atoms with Crippen LogP contribution >= 0.6 is 0 Å². The third-order valence-electron chi connectivity index (χ3n) is 19.9. The normalized spacial score (nSPS) is 14.8. The highest BCUT2D eigenvalue weighted by atomic mass is 16.7. The second kappa shape index (κ2) is 27.0. The van der Waals surface area contributed by atoms with Gasteiger partial charge in [-0.2, -0.15) is 9.98 Å². The number of hydrogen-bond donors (Lipinski definition) is 0. The van der Waals surface area contributed by atoms with Crippen LogP contribution in [0, 0.1) is 0 Å². The summed E-state index contributed by atoms with van der Waals surface area (Å²) in [6.07, 6.45) is 0. The molecule has 0 saturated heterocycles. The van der Waals surface area contributed by atoms with Gasteiger partial charge in [0, 0.05) is 43.4 Å². The van der Waals surface area contributed by atoms with E-state index < -0.39 is 5.85 Å². The number of hydrogen-bond acceptors (Lipinski definition) is 16. The summed E-state index contributed by atoms with van der Waals surface area (Å²) in [7, 11) is 0. The third kappa shape index (κ3) is 11.4. The monoisotopic (exact) mass is 1450 g/mol. The highest BCUT2D eigenvalue weighted by Gasteiger charge is 2.52. The molecule has 0 aromatic heterocycles. The van der Waals surface area contributed by atoms with E-state index in [1.165, 1.54) is 0 Å². The maximum absolute atomic E-state index is 7.81.